The van der Waals surface area contributed by atoms with Crippen LogP contribution in [-0.4, -0.2) is 31.4 Å². The molecule has 0 aliphatic rings. The molecule has 1 atom stereocenters. The molecule has 2 aromatic heterocycles. The van der Waals surface area contributed by atoms with Crippen LogP contribution in [-0.2, 0) is 11.3 Å². The number of halogens is 2. The highest BCUT2D eigenvalue weighted by atomic mass is 35.5. The number of pyridine rings is 1. The molecule has 29 heavy (non-hydrogen) atoms. The number of carbonyl (C=O) groups excluding carboxylic acids is 1. The smallest absolute Gasteiger partial charge is 0.230 e. The Morgan fingerprint density at radius 2 is 2.03 bits per heavy atom. The minimum atomic E-state index is -0.244. The van der Waals surface area contributed by atoms with Crippen molar-refractivity contribution >= 4 is 40.9 Å². The molecule has 1 amide bonds. The summed E-state index contributed by atoms with van der Waals surface area (Å²) in [6, 6.07) is 8.70. The Bertz CT molecular complexity index is 1010. The predicted molar refractivity (Wildman–Crippen MR) is 117 cm³/mol. The third-order valence-electron chi connectivity index (χ3n) is 4.11. The van der Waals surface area contributed by atoms with Gasteiger partial charge < -0.3 is 5.32 Å². The number of thioether (sulfide) groups is 1. The second-order valence-corrected chi connectivity index (χ2v) is 7.97. The molecule has 0 aliphatic carbocycles. The number of carbonyl (C=O) groups is 1. The fourth-order valence-corrected chi connectivity index (χ4v) is 4.08. The Hall–Kier alpha value is -2.35. The van der Waals surface area contributed by atoms with Gasteiger partial charge in [-0.1, -0.05) is 47.1 Å². The summed E-state index contributed by atoms with van der Waals surface area (Å²) in [5.41, 5.74) is 1.71. The average Bonchev–Trinajstić information content (AvgIpc) is 3.10. The summed E-state index contributed by atoms with van der Waals surface area (Å²) in [7, 11) is 0. The molecular formula is C20H19Cl2N5OS. The second kappa shape index (κ2) is 9.91. The van der Waals surface area contributed by atoms with Crippen LogP contribution in [0.1, 0.15) is 18.5 Å². The molecule has 0 saturated carbocycles. The van der Waals surface area contributed by atoms with Crippen molar-refractivity contribution in [1.29, 1.82) is 0 Å². The largest absolute Gasteiger partial charge is 0.349 e. The Morgan fingerprint density at radius 3 is 2.72 bits per heavy atom. The highest BCUT2D eigenvalue weighted by Gasteiger charge is 2.17. The standard InChI is InChI=1S/C20H19Cl2N5OS/c1-3-10-27-19(14-6-8-23-9-7-14)25-26-20(27)29-12-18(28)24-13(2)16-5-4-15(21)11-17(16)22/h3-9,11,13H,1,10,12H2,2H3,(H,24,28)/t13-/m0/s1. The van der Waals surface area contributed by atoms with Crippen LogP contribution in [0.2, 0.25) is 10.0 Å². The molecular weight excluding hydrogens is 429 g/mol. The molecule has 0 radical (unpaired) electrons. The van der Waals surface area contributed by atoms with Gasteiger partial charge in [-0.15, -0.1) is 16.8 Å². The molecule has 1 aromatic carbocycles. The maximum atomic E-state index is 12.4. The van der Waals surface area contributed by atoms with Crippen molar-refractivity contribution in [1.82, 2.24) is 25.1 Å². The number of aromatic nitrogens is 4. The zero-order chi connectivity index (χ0) is 20.8. The molecule has 0 aliphatic heterocycles. The quantitative estimate of drug-likeness (QED) is 0.396. The lowest BCUT2D eigenvalue weighted by Gasteiger charge is -2.16. The van der Waals surface area contributed by atoms with E-state index in [4.69, 9.17) is 23.2 Å². The van der Waals surface area contributed by atoms with Gasteiger partial charge in [0.1, 0.15) is 0 Å². The number of hydrogen-bond donors (Lipinski definition) is 1. The van der Waals surface area contributed by atoms with E-state index in [2.05, 4.69) is 27.1 Å². The van der Waals surface area contributed by atoms with Crippen molar-refractivity contribution in [3.05, 3.63) is 71.0 Å². The van der Waals surface area contributed by atoms with E-state index in [-0.39, 0.29) is 17.7 Å². The molecule has 3 rings (SSSR count). The molecule has 0 bridgehead atoms. The average molecular weight is 448 g/mol. The summed E-state index contributed by atoms with van der Waals surface area (Å²) >= 11 is 13.5. The molecule has 1 N–H and O–H groups in total. The molecule has 150 valence electrons. The van der Waals surface area contributed by atoms with Gasteiger partial charge in [0.2, 0.25) is 5.91 Å². The highest BCUT2D eigenvalue weighted by molar-refractivity contribution is 7.99. The molecule has 0 saturated heterocycles. The normalized spacial score (nSPS) is 11.8. The summed E-state index contributed by atoms with van der Waals surface area (Å²) in [6.45, 7) is 6.20. The first-order valence-corrected chi connectivity index (χ1v) is 10.6. The van der Waals surface area contributed by atoms with Gasteiger partial charge in [0, 0.05) is 34.5 Å². The molecule has 3 aromatic rings. The Morgan fingerprint density at radius 1 is 1.28 bits per heavy atom. The maximum Gasteiger partial charge on any atom is 0.230 e. The summed E-state index contributed by atoms with van der Waals surface area (Å²) in [4.78, 5) is 16.5. The number of benzene rings is 1. The van der Waals surface area contributed by atoms with E-state index in [9.17, 15) is 4.79 Å². The fourth-order valence-electron chi connectivity index (χ4n) is 2.75. The first-order chi connectivity index (χ1) is 14.0. The minimum Gasteiger partial charge on any atom is -0.349 e. The van der Waals surface area contributed by atoms with Gasteiger partial charge >= 0.3 is 0 Å². The lowest BCUT2D eigenvalue weighted by molar-refractivity contribution is -0.119. The van der Waals surface area contributed by atoms with Crippen molar-refractivity contribution in [2.45, 2.75) is 24.7 Å². The van der Waals surface area contributed by atoms with Gasteiger partial charge in [-0.2, -0.15) is 0 Å². The van der Waals surface area contributed by atoms with E-state index < -0.39 is 0 Å². The minimum absolute atomic E-state index is 0.132. The number of nitrogens with zero attached hydrogens (tertiary/aromatic N) is 4. The van der Waals surface area contributed by atoms with Gasteiger partial charge in [0.25, 0.3) is 0 Å². The highest BCUT2D eigenvalue weighted by Crippen LogP contribution is 2.27. The maximum absolute atomic E-state index is 12.4. The van der Waals surface area contributed by atoms with Gasteiger partial charge in [0.05, 0.1) is 11.8 Å². The van der Waals surface area contributed by atoms with Crippen molar-refractivity contribution in [2.24, 2.45) is 0 Å². The van der Waals surface area contributed by atoms with E-state index in [1.165, 1.54) is 11.8 Å². The van der Waals surface area contributed by atoms with Crippen LogP contribution in [0.3, 0.4) is 0 Å². The lowest BCUT2D eigenvalue weighted by Crippen LogP contribution is -2.28. The molecule has 0 unspecified atom stereocenters. The van der Waals surface area contributed by atoms with Gasteiger partial charge in [-0.05, 0) is 36.8 Å². The fraction of sp³-hybridized carbons (Fsp3) is 0.200. The molecule has 0 fully saturated rings. The van der Waals surface area contributed by atoms with Gasteiger partial charge in [0.15, 0.2) is 11.0 Å². The van der Waals surface area contributed by atoms with Gasteiger partial charge in [-0.3, -0.25) is 14.3 Å². The first-order valence-electron chi connectivity index (χ1n) is 8.81. The summed E-state index contributed by atoms with van der Waals surface area (Å²) in [5.74, 6) is 0.768. The van der Waals surface area contributed by atoms with Crippen LogP contribution >= 0.6 is 35.0 Å². The summed E-state index contributed by atoms with van der Waals surface area (Å²) in [6.07, 6.45) is 5.17. The Labute approximate surface area is 183 Å². The molecule has 9 heteroatoms. The van der Waals surface area contributed by atoms with Crippen LogP contribution in [0.15, 0.2) is 60.5 Å². The Balaban J connectivity index is 1.67. The van der Waals surface area contributed by atoms with Crippen LogP contribution in [0, 0.1) is 0 Å². The molecule has 6 nitrogen and oxygen atoms in total. The number of allylic oxidation sites excluding steroid dienone is 1. The van der Waals surface area contributed by atoms with Crippen molar-refractivity contribution in [3.8, 4) is 11.4 Å². The van der Waals surface area contributed by atoms with Crippen LogP contribution in [0.4, 0.5) is 0 Å². The van der Waals surface area contributed by atoms with Crippen molar-refractivity contribution in [2.75, 3.05) is 5.75 Å². The first kappa shape index (κ1) is 21.4. The predicted octanol–water partition coefficient (Wildman–Crippen LogP) is 4.80. The number of amides is 1. The van der Waals surface area contributed by atoms with E-state index in [1.807, 2.05) is 29.7 Å². The van der Waals surface area contributed by atoms with Crippen LogP contribution < -0.4 is 5.32 Å². The van der Waals surface area contributed by atoms with Crippen LogP contribution in [0.25, 0.3) is 11.4 Å². The van der Waals surface area contributed by atoms with E-state index >= 15 is 0 Å². The summed E-state index contributed by atoms with van der Waals surface area (Å²) < 4.78 is 1.92. The topological polar surface area (TPSA) is 72.7 Å². The second-order valence-electron chi connectivity index (χ2n) is 6.19. The SMILES string of the molecule is C=CCn1c(SCC(=O)N[C@@H](C)c2ccc(Cl)cc2Cl)nnc1-c1ccncc1. The number of hydrogen-bond acceptors (Lipinski definition) is 5. The summed E-state index contributed by atoms with van der Waals surface area (Å²) in [5, 5.41) is 13.2. The van der Waals surface area contributed by atoms with E-state index in [0.29, 0.717) is 27.6 Å². The van der Waals surface area contributed by atoms with E-state index in [1.54, 1.807) is 30.6 Å². The van der Waals surface area contributed by atoms with Crippen molar-refractivity contribution < 1.29 is 4.79 Å². The monoisotopic (exact) mass is 447 g/mol. The molecule has 0 spiro atoms. The van der Waals surface area contributed by atoms with Crippen molar-refractivity contribution in [3.63, 3.8) is 0 Å². The molecule has 2 heterocycles. The van der Waals surface area contributed by atoms with Gasteiger partial charge in [-0.25, -0.2) is 0 Å². The number of rotatable bonds is 8. The lowest BCUT2D eigenvalue weighted by atomic mass is 10.1. The third kappa shape index (κ3) is 5.38. The zero-order valence-corrected chi connectivity index (χ0v) is 18.0. The van der Waals surface area contributed by atoms with E-state index in [0.717, 1.165) is 11.1 Å². The Kier molecular flexibility index (Phi) is 7.30. The number of nitrogens with one attached hydrogen (secondary N) is 1. The van der Waals surface area contributed by atoms with Crippen LogP contribution in [0.5, 0.6) is 0 Å². The zero-order valence-electron chi connectivity index (χ0n) is 15.7. The third-order valence-corrected chi connectivity index (χ3v) is 5.64.